The number of amides is 2. The topological polar surface area (TPSA) is 102 Å². The third kappa shape index (κ3) is 4.80. The van der Waals surface area contributed by atoms with E-state index in [9.17, 15) is 9.59 Å². The molecule has 0 aliphatic rings. The fourth-order valence-corrected chi connectivity index (χ4v) is 3.34. The molecule has 0 aliphatic heterocycles. The average Bonchev–Trinajstić information content (AvgIpc) is 3.30. The van der Waals surface area contributed by atoms with Crippen molar-refractivity contribution >= 4 is 23.6 Å². The number of carbonyl (C=O) groups excluding carboxylic acids is 2. The van der Waals surface area contributed by atoms with Gasteiger partial charge in [0.15, 0.2) is 11.0 Å². The first kappa shape index (κ1) is 19.7. The number of nitrogens with one attached hydrogen (secondary N) is 2. The second-order valence-corrected chi connectivity index (χ2v) is 6.95. The van der Waals surface area contributed by atoms with Crippen LogP contribution in [0.25, 0.3) is 11.4 Å². The fourth-order valence-electron chi connectivity index (χ4n) is 2.57. The summed E-state index contributed by atoms with van der Waals surface area (Å²) < 4.78 is 7.37. The molecule has 1 aromatic carbocycles. The van der Waals surface area contributed by atoms with E-state index in [-0.39, 0.29) is 24.1 Å². The molecule has 8 nitrogen and oxygen atoms in total. The van der Waals surface area contributed by atoms with Crippen molar-refractivity contribution in [2.75, 3.05) is 19.3 Å². The van der Waals surface area contributed by atoms with Crippen LogP contribution in [-0.2, 0) is 16.1 Å². The first-order chi connectivity index (χ1) is 13.6. The summed E-state index contributed by atoms with van der Waals surface area (Å²) in [6.07, 6.45) is 1.62. The van der Waals surface area contributed by atoms with E-state index < -0.39 is 0 Å². The highest BCUT2D eigenvalue weighted by molar-refractivity contribution is 7.99. The maximum atomic E-state index is 12.0. The van der Waals surface area contributed by atoms with E-state index in [1.54, 1.807) is 6.26 Å². The molecule has 2 amide bonds. The van der Waals surface area contributed by atoms with Crippen LogP contribution in [0.5, 0.6) is 0 Å². The van der Waals surface area contributed by atoms with Crippen molar-refractivity contribution in [3.05, 3.63) is 54.0 Å². The summed E-state index contributed by atoms with van der Waals surface area (Å²) in [4.78, 5) is 23.3. The zero-order valence-corrected chi connectivity index (χ0v) is 16.5. The van der Waals surface area contributed by atoms with Crippen molar-refractivity contribution in [1.29, 1.82) is 0 Å². The van der Waals surface area contributed by atoms with Gasteiger partial charge in [-0.15, -0.1) is 10.2 Å². The molecule has 3 aromatic rings. The van der Waals surface area contributed by atoms with Crippen molar-refractivity contribution in [1.82, 2.24) is 25.4 Å². The Morgan fingerprint density at radius 2 is 1.93 bits per heavy atom. The van der Waals surface area contributed by atoms with Gasteiger partial charge in [0.1, 0.15) is 5.76 Å². The molecule has 0 radical (unpaired) electrons. The van der Waals surface area contributed by atoms with Gasteiger partial charge in [0, 0.05) is 7.05 Å². The van der Waals surface area contributed by atoms with Crippen LogP contribution < -0.4 is 10.6 Å². The number of hydrogen-bond acceptors (Lipinski definition) is 6. The largest absolute Gasteiger partial charge is 0.469 e. The fraction of sp³-hybridized carbons (Fsp3) is 0.263. The van der Waals surface area contributed by atoms with Gasteiger partial charge in [0.25, 0.3) is 0 Å². The lowest BCUT2D eigenvalue weighted by atomic mass is 10.2. The lowest BCUT2D eigenvalue weighted by Gasteiger charge is -2.10. The number of thioether (sulfide) groups is 1. The Morgan fingerprint density at radius 1 is 1.14 bits per heavy atom. The Labute approximate surface area is 166 Å². The zero-order valence-electron chi connectivity index (χ0n) is 15.6. The van der Waals surface area contributed by atoms with Gasteiger partial charge in [-0.05, 0) is 18.6 Å². The van der Waals surface area contributed by atoms with Gasteiger partial charge in [-0.2, -0.15) is 0 Å². The van der Waals surface area contributed by atoms with Crippen LogP contribution in [0.1, 0.15) is 11.3 Å². The Kier molecular flexibility index (Phi) is 6.49. The van der Waals surface area contributed by atoms with Crippen molar-refractivity contribution in [3.63, 3.8) is 0 Å². The van der Waals surface area contributed by atoms with Gasteiger partial charge >= 0.3 is 0 Å². The Morgan fingerprint density at radius 3 is 2.61 bits per heavy atom. The van der Waals surface area contributed by atoms with Gasteiger partial charge in [-0.1, -0.05) is 42.1 Å². The normalized spacial score (nSPS) is 10.6. The van der Waals surface area contributed by atoms with Crippen molar-refractivity contribution in [2.45, 2.75) is 18.6 Å². The number of aryl methyl sites for hydroxylation is 1. The van der Waals surface area contributed by atoms with E-state index >= 15 is 0 Å². The highest BCUT2D eigenvalue weighted by atomic mass is 32.2. The van der Waals surface area contributed by atoms with E-state index in [0.29, 0.717) is 17.5 Å². The number of rotatable bonds is 8. The van der Waals surface area contributed by atoms with E-state index in [4.69, 9.17) is 4.42 Å². The van der Waals surface area contributed by atoms with Crippen LogP contribution in [0.3, 0.4) is 0 Å². The predicted molar refractivity (Wildman–Crippen MR) is 106 cm³/mol. The first-order valence-electron chi connectivity index (χ1n) is 8.70. The minimum Gasteiger partial charge on any atom is -0.469 e. The van der Waals surface area contributed by atoms with Gasteiger partial charge < -0.3 is 15.1 Å². The molecule has 0 fully saturated rings. The zero-order chi connectivity index (χ0) is 19.9. The average molecular weight is 399 g/mol. The number of aromatic nitrogens is 3. The molecular formula is C19H21N5O3S. The van der Waals surface area contributed by atoms with E-state index in [1.807, 2.05) is 47.9 Å². The van der Waals surface area contributed by atoms with Crippen LogP contribution in [0.15, 0.2) is 52.2 Å². The summed E-state index contributed by atoms with van der Waals surface area (Å²) >= 11 is 1.27. The molecular weight excluding hydrogens is 378 g/mol. The van der Waals surface area contributed by atoms with Crippen LogP contribution in [0.2, 0.25) is 0 Å². The van der Waals surface area contributed by atoms with Gasteiger partial charge in [-0.3, -0.25) is 14.2 Å². The number of hydrogen-bond donors (Lipinski definition) is 2. The third-order valence-electron chi connectivity index (χ3n) is 4.06. The number of furan rings is 1. The van der Waals surface area contributed by atoms with Gasteiger partial charge in [0.2, 0.25) is 11.8 Å². The Hall–Kier alpha value is -3.07. The predicted octanol–water partition coefficient (Wildman–Crippen LogP) is 1.85. The number of benzene rings is 1. The molecule has 0 bridgehead atoms. The van der Waals surface area contributed by atoms with Crippen molar-refractivity contribution in [3.8, 4) is 11.4 Å². The number of nitrogens with zero attached hydrogens (tertiary/aromatic N) is 3. The molecule has 2 heterocycles. The molecule has 0 saturated heterocycles. The minimum atomic E-state index is -0.247. The molecule has 9 heteroatoms. The summed E-state index contributed by atoms with van der Waals surface area (Å²) in [5, 5.41) is 14.2. The summed E-state index contributed by atoms with van der Waals surface area (Å²) in [5.74, 6) is 1.08. The second kappa shape index (κ2) is 9.23. The van der Waals surface area contributed by atoms with Gasteiger partial charge in [-0.25, -0.2) is 0 Å². The highest BCUT2D eigenvalue weighted by Gasteiger charge is 2.18. The first-order valence-corrected chi connectivity index (χ1v) is 9.68. The van der Waals surface area contributed by atoms with Crippen LogP contribution in [-0.4, -0.2) is 45.9 Å². The molecule has 146 valence electrons. The molecule has 0 aliphatic carbocycles. The van der Waals surface area contributed by atoms with Crippen molar-refractivity contribution in [2.24, 2.45) is 0 Å². The summed E-state index contributed by atoms with van der Waals surface area (Å²) in [7, 11) is 1.52. The number of likely N-dealkylation sites (N-methyl/N-ethyl adjacent to an activating group) is 1. The lowest BCUT2D eigenvalue weighted by Crippen LogP contribution is -2.36. The van der Waals surface area contributed by atoms with Crippen LogP contribution in [0.4, 0.5) is 0 Å². The maximum absolute atomic E-state index is 12.0. The van der Waals surface area contributed by atoms with Gasteiger partial charge in [0.05, 0.1) is 30.7 Å². The quantitative estimate of drug-likeness (QED) is 0.561. The minimum absolute atomic E-state index is 0.0495. The molecule has 0 spiro atoms. The van der Waals surface area contributed by atoms with Crippen LogP contribution in [0, 0.1) is 6.92 Å². The summed E-state index contributed by atoms with van der Waals surface area (Å²) in [5.41, 5.74) is 1.95. The molecule has 0 saturated carbocycles. The summed E-state index contributed by atoms with van der Waals surface area (Å²) in [6, 6.07) is 11.8. The summed E-state index contributed by atoms with van der Waals surface area (Å²) in [6.45, 7) is 2.39. The highest BCUT2D eigenvalue weighted by Crippen LogP contribution is 2.27. The monoisotopic (exact) mass is 399 g/mol. The van der Waals surface area contributed by atoms with E-state index in [2.05, 4.69) is 20.8 Å². The smallest absolute Gasteiger partial charge is 0.239 e. The SMILES string of the molecule is CNC(=O)CNC(=O)CSc1nnc(-c2ccoc2C)n1Cc1ccccc1. The van der Waals surface area contributed by atoms with Crippen LogP contribution >= 0.6 is 11.8 Å². The molecule has 0 unspecified atom stereocenters. The number of carbonyl (C=O) groups is 2. The molecule has 2 aromatic heterocycles. The Bertz CT molecular complexity index is 952. The lowest BCUT2D eigenvalue weighted by molar-refractivity contribution is -0.124. The molecule has 0 atom stereocenters. The van der Waals surface area contributed by atoms with Crippen molar-refractivity contribution < 1.29 is 14.0 Å². The second-order valence-electron chi connectivity index (χ2n) is 6.01. The molecule has 2 N–H and O–H groups in total. The standard InChI is InChI=1S/C19H21N5O3S/c1-13-15(8-9-27-13)18-22-23-19(24(18)11-14-6-4-3-5-7-14)28-12-17(26)21-10-16(25)20-2/h3-9H,10-12H2,1-2H3,(H,20,25)(H,21,26). The maximum Gasteiger partial charge on any atom is 0.239 e. The molecule has 3 rings (SSSR count). The van der Waals surface area contributed by atoms with E-state index in [0.717, 1.165) is 16.9 Å². The Balaban J connectivity index is 1.79. The molecule has 28 heavy (non-hydrogen) atoms. The third-order valence-corrected chi connectivity index (χ3v) is 5.02. The van der Waals surface area contributed by atoms with E-state index in [1.165, 1.54) is 18.8 Å².